The highest BCUT2D eigenvalue weighted by Crippen LogP contribution is 2.27. The number of benzene rings is 2. The molecule has 0 bridgehead atoms. The molecule has 3 rings (SSSR count). The van der Waals surface area contributed by atoms with E-state index in [4.69, 9.17) is 10.5 Å². The fourth-order valence-corrected chi connectivity index (χ4v) is 3.14. The minimum atomic E-state index is -0.258. The monoisotopic (exact) mass is 332 g/mol. The van der Waals surface area contributed by atoms with Crippen LogP contribution in [-0.2, 0) is 4.74 Å². The van der Waals surface area contributed by atoms with Gasteiger partial charge in [0, 0.05) is 32.1 Å². The van der Waals surface area contributed by atoms with Crippen LogP contribution in [0.5, 0.6) is 0 Å². The van der Waals surface area contributed by atoms with E-state index in [-0.39, 0.29) is 23.7 Å². The first kappa shape index (κ1) is 17.0. The molecular weight excluding hydrogens is 310 g/mol. The summed E-state index contributed by atoms with van der Waals surface area (Å²) in [5, 5.41) is 0. The molecule has 2 aromatic rings. The standard InChI is InChI=1S/C19H22F2N2O/c20-16-5-1-14(2-6-16)19(15-3-7-17(21)8-4-15)13-23-9-10-24-18(11-22)12-23/h1-8,18-19H,9-13,22H2. The lowest BCUT2D eigenvalue weighted by Crippen LogP contribution is -2.46. The van der Waals surface area contributed by atoms with Crippen LogP contribution in [-0.4, -0.2) is 43.8 Å². The predicted molar refractivity (Wildman–Crippen MR) is 89.9 cm³/mol. The van der Waals surface area contributed by atoms with E-state index in [1.165, 1.54) is 24.3 Å². The number of hydrogen-bond donors (Lipinski definition) is 1. The molecule has 0 spiro atoms. The summed E-state index contributed by atoms with van der Waals surface area (Å²) in [6.07, 6.45) is 0.0424. The Morgan fingerprint density at radius 1 is 1.00 bits per heavy atom. The van der Waals surface area contributed by atoms with Gasteiger partial charge in [0.25, 0.3) is 0 Å². The van der Waals surface area contributed by atoms with E-state index in [9.17, 15) is 8.78 Å². The molecule has 0 amide bonds. The van der Waals surface area contributed by atoms with Crippen LogP contribution in [0.25, 0.3) is 0 Å². The van der Waals surface area contributed by atoms with E-state index in [0.29, 0.717) is 13.2 Å². The van der Waals surface area contributed by atoms with Crippen molar-refractivity contribution in [2.24, 2.45) is 5.73 Å². The number of nitrogens with zero attached hydrogens (tertiary/aromatic N) is 1. The summed E-state index contributed by atoms with van der Waals surface area (Å²) in [6, 6.07) is 13.0. The summed E-state index contributed by atoms with van der Waals surface area (Å²) >= 11 is 0. The van der Waals surface area contributed by atoms with Gasteiger partial charge in [0.15, 0.2) is 0 Å². The average Bonchev–Trinajstić information content (AvgIpc) is 2.62. The molecule has 1 saturated heterocycles. The van der Waals surface area contributed by atoms with Gasteiger partial charge in [-0.25, -0.2) is 8.78 Å². The molecule has 0 radical (unpaired) electrons. The summed E-state index contributed by atoms with van der Waals surface area (Å²) < 4.78 is 32.2. The number of ether oxygens (including phenoxy) is 1. The summed E-state index contributed by atoms with van der Waals surface area (Å²) in [6.45, 7) is 3.51. The Labute approximate surface area is 141 Å². The van der Waals surface area contributed by atoms with Crippen LogP contribution in [0.2, 0.25) is 0 Å². The minimum Gasteiger partial charge on any atom is -0.374 e. The van der Waals surface area contributed by atoms with E-state index >= 15 is 0 Å². The first-order valence-electron chi connectivity index (χ1n) is 8.20. The second-order valence-corrected chi connectivity index (χ2v) is 6.14. The van der Waals surface area contributed by atoms with Crippen molar-refractivity contribution in [1.29, 1.82) is 0 Å². The van der Waals surface area contributed by atoms with Crippen molar-refractivity contribution in [2.75, 3.05) is 32.8 Å². The van der Waals surface area contributed by atoms with E-state index in [0.717, 1.165) is 30.8 Å². The Morgan fingerprint density at radius 2 is 1.54 bits per heavy atom. The van der Waals surface area contributed by atoms with Gasteiger partial charge in [0.1, 0.15) is 11.6 Å². The van der Waals surface area contributed by atoms with Crippen molar-refractivity contribution < 1.29 is 13.5 Å². The van der Waals surface area contributed by atoms with Crippen molar-refractivity contribution in [3.05, 3.63) is 71.3 Å². The zero-order valence-electron chi connectivity index (χ0n) is 13.5. The van der Waals surface area contributed by atoms with E-state index < -0.39 is 0 Å². The SMILES string of the molecule is NCC1CN(CC(c2ccc(F)cc2)c2ccc(F)cc2)CCO1. The first-order valence-corrected chi connectivity index (χ1v) is 8.20. The summed E-state index contributed by atoms with van der Waals surface area (Å²) in [5.74, 6) is -0.472. The van der Waals surface area contributed by atoms with Crippen molar-refractivity contribution in [2.45, 2.75) is 12.0 Å². The molecule has 128 valence electrons. The lowest BCUT2D eigenvalue weighted by molar-refractivity contribution is -0.0239. The molecule has 1 atom stereocenters. The zero-order valence-corrected chi connectivity index (χ0v) is 13.5. The molecule has 3 nitrogen and oxygen atoms in total. The molecule has 1 unspecified atom stereocenters. The molecule has 0 aromatic heterocycles. The lowest BCUT2D eigenvalue weighted by Gasteiger charge is -2.35. The van der Waals surface area contributed by atoms with Gasteiger partial charge in [-0.3, -0.25) is 4.90 Å². The fourth-order valence-electron chi connectivity index (χ4n) is 3.14. The summed E-state index contributed by atoms with van der Waals surface area (Å²) in [7, 11) is 0. The summed E-state index contributed by atoms with van der Waals surface area (Å²) in [5.41, 5.74) is 7.74. The number of halogens is 2. The second kappa shape index (κ2) is 7.83. The molecule has 2 N–H and O–H groups in total. The van der Waals surface area contributed by atoms with E-state index in [1.807, 2.05) is 0 Å². The normalized spacial score (nSPS) is 18.9. The fraction of sp³-hybridized carbons (Fsp3) is 0.368. The van der Waals surface area contributed by atoms with Gasteiger partial charge in [-0.1, -0.05) is 24.3 Å². The average molecular weight is 332 g/mol. The summed E-state index contributed by atoms with van der Waals surface area (Å²) in [4.78, 5) is 2.30. The molecule has 1 aliphatic rings. The molecular formula is C19H22F2N2O. The molecule has 24 heavy (non-hydrogen) atoms. The van der Waals surface area contributed by atoms with Crippen LogP contribution in [0, 0.1) is 11.6 Å². The van der Waals surface area contributed by atoms with Crippen LogP contribution in [0.15, 0.2) is 48.5 Å². The molecule has 5 heteroatoms. The third-order valence-corrected chi connectivity index (χ3v) is 4.47. The smallest absolute Gasteiger partial charge is 0.123 e. The first-order chi connectivity index (χ1) is 11.7. The van der Waals surface area contributed by atoms with Crippen molar-refractivity contribution in [3.8, 4) is 0 Å². The van der Waals surface area contributed by atoms with Crippen LogP contribution in [0.3, 0.4) is 0 Å². The maximum atomic E-state index is 13.3. The predicted octanol–water partition coefficient (Wildman–Crippen LogP) is 2.76. The Kier molecular flexibility index (Phi) is 5.56. The molecule has 1 fully saturated rings. The Hall–Kier alpha value is -1.82. The van der Waals surface area contributed by atoms with Gasteiger partial charge in [0.05, 0.1) is 12.7 Å². The third kappa shape index (κ3) is 4.17. The van der Waals surface area contributed by atoms with Crippen LogP contribution < -0.4 is 5.73 Å². The van der Waals surface area contributed by atoms with E-state index in [2.05, 4.69) is 4.90 Å². The van der Waals surface area contributed by atoms with Crippen LogP contribution in [0.1, 0.15) is 17.0 Å². The number of rotatable bonds is 5. The maximum absolute atomic E-state index is 13.3. The highest BCUT2D eigenvalue weighted by molar-refractivity contribution is 5.33. The van der Waals surface area contributed by atoms with Crippen molar-refractivity contribution >= 4 is 0 Å². The third-order valence-electron chi connectivity index (χ3n) is 4.47. The molecule has 1 aliphatic heterocycles. The quantitative estimate of drug-likeness (QED) is 0.915. The van der Waals surface area contributed by atoms with Gasteiger partial charge in [0.2, 0.25) is 0 Å². The molecule has 0 aliphatic carbocycles. The van der Waals surface area contributed by atoms with Gasteiger partial charge < -0.3 is 10.5 Å². The van der Waals surface area contributed by atoms with Crippen LogP contribution in [0.4, 0.5) is 8.78 Å². The number of hydrogen-bond acceptors (Lipinski definition) is 3. The topological polar surface area (TPSA) is 38.5 Å². The highest BCUT2D eigenvalue weighted by atomic mass is 19.1. The maximum Gasteiger partial charge on any atom is 0.123 e. The number of nitrogens with two attached hydrogens (primary N) is 1. The highest BCUT2D eigenvalue weighted by Gasteiger charge is 2.24. The minimum absolute atomic E-state index is 0.0424. The Balaban J connectivity index is 1.84. The Morgan fingerprint density at radius 3 is 2.04 bits per heavy atom. The Bertz CT molecular complexity index is 600. The number of morpholine rings is 1. The van der Waals surface area contributed by atoms with Crippen molar-refractivity contribution in [1.82, 2.24) is 4.90 Å². The molecule has 0 saturated carbocycles. The molecule has 1 heterocycles. The second-order valence-electron chi connectivity index (χ2n) is 6.14. The van der Waals surface area contributed by atoms with Crippen LogP contribution >= 0.6 is 0 Å². The molecule has 2 aromatic carbocycles. The zero-order chi connectivity index (χ0) is 16.9. The van der Waals surface area contributed by atoms with Gasteiger partial charge in [-0.05, 0) is 35.4 Å². The van der Waals surface area contributed by atoms with Crippen molar-refractivity contribution in [3.63, 3.8) is 0 Å². The van der Waals surface area contributed by atoms with Gasteiger partial charge in [-0.2, -0.15) is 0 Å². The van der Waals surface area contributed by atoms with Gasteiger partial charge >= 0.3 is 0 Å². The van der Waals surface area contributed by atoms with Gasteiger partial charge in [-0.15, -0.1) is 0 Å². The lowest BCUT2D eigenvalue weighted by atomic mass is 9.90. The van der Waals surface area contributed by atoms with E-state index in [1.54, 1.807) is 24.3 Å². The largest absolute Gasteiger partial charge is 0.374 e.